The normalized spacial score (nSPS) is 10.4. The minimum Gasteiger partial charge on any atom is -0.478 e. The Morgan fingerprint density at radius 1 is 0.533 bits per heavy atom. The highest BCUT2D eigenvalue weighted by Gasteiger charge is 2.22. The second kappa shape index (κ2) is 7.88. The predicted octanol–water partition coefficient (Wildman–Crippen LogP) is 3.81. The minimum atomic E-state index is -1.38. The highest BCUT2D eigenvalue weighted by atomic mass is 16.4. The lowest BCUT2D eigenvalue weighted by Gasteiger charge is -2.16. The van der Waals surface area contributed by atoms with E-state index in [9.17, 15) is 39.6 Å². The number of benzene rings is 3. The van der Waals surface area contributed by atoms with Crippen LogP contribution in [0.15, 0.2) is 60.7 Å². The van der Waals surface area contributed by atoms with Gasteiger partial charge in [0.1, 0.15) is 0 Å². The summed E-state index contributed by atoms with van der Waals surface area (Å²) in [6, 6.07) is 13.8. The fourth-order valence-corrected chi connectivity index (χ4v) is 3.11. The van der Waals surface area contributed by atoms with Crippen LogP contribution in [0.25, 0.3) is 22.3 Å². The van der Waals surface area contributed by atoms with E-state index < -0.39 is 23.9 Å². The molecule has 0 aromatic heterocycles. The molecule has 0 aliphatic heterocycles. The molecule has 3 rings (SSSR count). The molecule has 0 unspecified atom stereocenters. The molecule has 0 bridgehead atoms. The lowest BCUT2D eigenvalue weighted by molar-refractivity contribution is 0.0676. The number of carboxylic acids is 4. The third-order valence-corrected chi connectivity index (χ3v) is 4.42. The van der Waals surface area contributed by atoms with E-state index in [1.807, 2.05) is 0 Å². The Morgan fingerprint density at radius 3 is 1.50 bits per heavy atom. The maximum absolute atomic E-state index is 11.9. The molecule has 0 atom stereocenters. The van der Waals surface area contributed by atoms with Crippen molar-refractivity contribution in [2.24, 2.45) is 0 Å². The van der Waals surface area contributed by atoms with Gasteiger partial charge in [0.15, 0.2) is 0 Å². The summed E-state index contributed by atoms with van der Waals surface area (Å²) < 4.78 is 0. The van der Waals surface area contributed by atoms with Crippen LogP contribution in [-0.4, -0.2) is 44.3 Å². The summed E-state index contributed by atoms with van der Waals surface area (Å²) in [4.78, 5) is 46.5. The van der Waals surface area contributed by atoms with Crippen molar-refractivity contribution >= 4 is 23.9 Å². The molecule has 30 heavy (non-hydrogen) atoms. The Bertz CT molecular complexity index is 1160. The number of aromatic carboxylic acids is 4. The third kappa shape index (κ3) is 3.88. The van der Waals surface area contributed by atoms with E-state index in [2.05, 4.69) is 0 Å². The summed E-state index contributed by atoms with van der Waals surface area (Å²) >= 11 is 0. The molecule has 0 aliphatic rings. The number of rotatable bonds is 6. The quantitative estimate of drug-likeness (QED) is 0.483. The zero-order valence-electron chi connectivity index (χ0n) is 15.2. The Kier molecular flexibility index (Phi) is 5.33. The van der Waals surface area contributed by atoms with E-state index in [1.165, 1.54) is 18.2 Å². The summed E-state index contributed by atoms with van der Waals surface area (Å²) in [6.45, 7) is 0. The first kappa shape index (κ1) is 20.3. The van der Waals surface area contributed by atoms with Gasteiger partial charge in [-0.1, -0.05) is 30.3 Å². The Balaban J connectivity index is 2.47. The highest BCUT2D eigenvalue weighted by Crippen LogP contribution is 2.37. The molecule has 8 nitrogen and oxygen atoms in total. The van der Waals surface area contributed by atoms with E-state index in [4.69, 9.17) is 0 Å². The van der Waals surface area contributed by atoms with Crippen molar-refractivity contribution in [3.63, 3.8) is 0 Å². The molecule has 3 aromatic carbocycles. The van der Waals surface area contributed by atoms with Crippen LogP contribution in [0.5, 0.6) is 0 Å². The Labute approximate surface area is 169 Å². The van der Waals surface area contributed by atoms with Gasteiger partial charge in [0, 0.05) is 5.56 Å². The fraction of sp³-hybridized carbons (Fsp3) is 0. The number of carboxylic acid groups (broad SMARTS) is 4. The number of hydrogen-bond donors (Lipinski definition) is 4. The van der Waals surface area contributed by atoms with Crippen LogP contribution in [0.2, 0.25) is 0 Å². The van der Waals surface area contributed by atoms with Gasteiger partial charge in [0.2, 0.25) is 0 Å². The molecule has 0 amide bonds. The number of carbonyl (C=O) groups is 4. The SMILES string of the molecule is O=C(O)c1cc(C(=O)O)cc(-c2cc(C(=O)O)cc(C(=O)O)c2-c2ccccc2)c1. The zero-order valence-corrected chi connectivity index (χ0v) is 15.2. The summed E-state index contributed by atoms with van der Waals surface area (Å²) in [5, 5.41) is 37.8. The van der Waals surface area contributed by atoms with Crippen molar-refractivity contribution in [3.05, 3.63) is 82.9 Å². The largest absolute Gasteiger partial charge is 0.478 e. The second-order valence-electron chi connectivity index (χ2n) is 6.33. The first-order valence-electron chi connectivity index (χ1n) is 8.51. The van der Waals surface area contributed by atoms with Gasteiger partial charge in [-0.25, -0.2) is 19.2 Å². The first-order chi connectivity index (χ1) is 14.2. The molecule has 150 valence electrons. The Hall–Kier alpha value is -4.46. The maximum atomic E-state index is 11.9. The summed E-state index contributed by atoms with van der Waals surface area (Å²) in [5.41, 5.74) is -0.566. The van der Waals surface area contributed by atoms with Crippen LogP contribution >= 0.6 is 0 Å². The average Bonchev–Trinajstić information content (AvgIpc) is 2.72. The summed E-state index contributed by atoms with van der Waals surface area (Å²) in [5.74, 6) is -5.53. The minimum absolute atomic E-state index is 0.0664. The van der Waals surface area contributed by atoms with Crippen molar-refractivity contribution in [1.29, 1.82) is 0 Å². The summed E-state index contributed by atoms with van der Waals surface area (Å²) in [6.07, 6.45) is 0. The van der Waals surface area contributed by atoms with Crippen LogP contribution in [-0.2, 0) is 0 Å². The van der Waals surface area contributed by atoms with E-state index in [-0.39, 0.29) is 38.9 Å². The van der Waals surface area contributed by atoms with Gasteiger partial charge in [0.05, 0.1) is 22.3 Å². The average molecular weight is 406 g/mol. The van der Waals surface area contributed by atoms with E-state index >= 15 is 0 Å². The predicted molar refractivity (Wildman–Crippen MR) is 105 cm³/mol. The van der Waals surface area contributed by atoms with Crippen molar-refractivity contribution in [3.8, 4) is 22.3 Å². The van der Waals surface area contributed by atoms with Crippen LogP contribution in [0.3, 0.4) is 0 Å². The standard InChI is InChI=1S/C22H14O8/c23-19(24)13-6-12(7-14(8-13)20(25)26)16-9-15(21(27)28)10-17(22(29)30)18(16)11-4-2-1-3-5-11/h1-10H,(H,23,24)(H,25,26)(H,27,28)(H,29,30). The van der Waals surface area contributed by atoms with Gasteiger partial charge in [0.25, 0.3) is 0 Å². The molecule has 0 spiro atoms. The van der Waals surface area contributed by atoms with E-state index in [0.717, 1.165) is 12.1 Å². The second-order valence-corrected chi connectivity index (χ2v) is 6.33. The van der Waals surface area contributed by atoms with Crippen LogP contribution in [0.1, 0.15) is 41.4 Å². The van der Waals surface area contributed by atoms with Crippen LogP contribution < -0.4 is 0 Å². The van der Waals surface area contributed by atoms with Gasteiger partial charge >= 0.3 is 23.9 Å². The molecule has 0 radical (unpaired) electrons. The fourth-order valence-electron chi connectivity index (χ4n) is 3.11. The highest BCUT2D eigenvalue weighted by molar-refractivity contribution is 6.06. The van der Waals surface area contributed by atoms with Gasteiger partial charge in [-0.05, 0) is 47.0 Å². The zero-order chi connectivity index (χ0) is 22.0. The van der Waals surface area contributed by atoms with E-state index in [1.54, 1.807) is 30.3 Å². The molecule has 0 heterocycles. The molecule has 4 N–H and O–H groups in total. The molecular formula is C22H14O8. The monoisotopic (exact) mass is 406 g/mol. The molecule has 0 saturated heterocycles. The molecule has 0 fully saturated rings. The molecule has 8 heteroatoms. The lowest BCUT2D eigenvalue weighted by atomic mass is 9.87. The molecule has 3 aromatic rings. The lowest BCUT2D eigenvalue weighted by Crippen LogP contribution is -2.08. The number of hydrogen-bond acceptors (Lipinski definition) is 4. The summed E-state index contributed by atoms with van der Waals surface area (Å²) in [7, 11) is 0. The smallest absolute Gasteiger partial charge is 0.336 e. The van der Waals surface area contributed by atoms with Crippen LogP contribution in [0, 0.1) is 0 Å². The van der Waals surface area contributed by atoms with Gasteiger partial charge < -0.3 is 20.4 Å². The molecule has 0 saturated carbocycles. The Morgan fingerprint density at radius 2 is 1.03 bits per heavy atom. The third-order valence-electron chi connectivity index (χ3n) is 4.42. The van der Waals surface area contributed by atoms with Crippen LogP contribution in [0.4, 0.5) is 0 Å². The van der Waals surface area contributed by atoms with Crippen molar-refractivity contribution in [2.45, 2.75) is 0 Å². The van der Waals surface area contributed by atoms with Crippen molar-refractivity contribution < 1.29 is 39.6 Å². The van der Waals surface area contributed by atoms with Gasteiger partial charge in [-0.2, -0.15) is 0 Å². The topological polar surface area (TPSA) is 149 Å². The first-order valence-corrected chi connectivity index (χ1v) is 8.51. The molecular weight excluding hydrogens is 392 g/mol. The maximum Gasteiger partial charge on any atom is 0.336 e. The van der Waals surface area contributed by atoms with Crippen molar-refractivity contribution in [2.75, 3.05) is 0 Å². The van der Waals surface area contributed by atoms with Crippen molar-refractivity contribution in [1.82, 2.24) is 0 Å². The van der Waals surface area contributed by atoms with Gasteiger partial charge in [-0.15, -0.1) is 0 Å². The molecule has 0 aliphatic carbocycles. The van der Waals surface area contributed by atoms with E-state index in [0.29, 0.717) is 5.56 Å². The van der Waals surface area contributed by atoms with Gasteiger partial charge in [-0.3, -0.25) is 0 Å².